The van der Waals surface area contributed by atoms with Gasteiger partial charge >= 0.3 is 0 Å². The number of nitrogens with two attached hydrogens (primary N) is 1. The Morgan fingerprint density at radius 2 is 2.25 bits per heavy atom. The SMILES string of the molecule is C=C(C)CN(C)c1nnc(Cl)cc1C(N)=O. The third kappa shape index (κ3) is 2.93. The Kier molecular flexibility index (Phi) is 3.84. The van der Waals surface area contributed by atoms with Crippen LogP contribution in [0.4, 0.5) is 5.82 Å². The van der Waals surface area contributed by atoms with Crippen LogP contribution < -0.4 is 10.6 Å². The first-order chi connectivity index (χ1) is 7.41. The van der Waals surface area contributed by atoms with Crippen LogP contribution in [0.1, 0.15) is 17.3 Å². The number of rotatable bonds is 4. The van der Waals surface area contributed by atoms with Gasteiger partial charge in [-0.3, -0.25) is 4.79 Å². The van der Waals surface area contributed by atoms with E-state index in [1.165, 1.54) is 6.07 Å². The predicted molar refractivity (Wildman–Crippen MR) is 63.6 cm³/mol. The smallest absolute Gasteiger partial charge is 0.252 e. The summed E-state index contributed by atoms with van der Waals surface area (Å²) >= 11 is 5.65. The van der Waals surface area contributed by atoms with Crippen molar-refractivity contribution < 1.29 is 4.79 Å². The minimum atomic E-state index is -0.583. The summed E-state index contributed by atoms with van der Waals surface area (Å²) in [4.78, 5) is 13.0. The number of carbonyl (C=O) groups is 1. The van der Waals surface area contributed by atoms with Crippen LogP contribution in [0, 0.1) is 0 Å². The lowest BCUT2D eigenvalue weighted by atomic mass is 10.2. The molecule has 2 N–H and O–H groups in total. The number of amides is 1. The molecule has 1 amide bonds. The van der Waals surface area contributed by atoms with E-state index < -0.39 is 5.91 Å². The van der Waals surface area contributed by atoms with Gasteiger partial charge in [-0.1, -0.05) is 23.8 Å². The number of nitrogens with zero attached hydrogens (tertiary/aromatic N) is 3. The second kappa shape index (κ2) is 4.94. The molecule has 0 unspecified atom stereocenters. The number of carbonyl (C=O) groups excluding carboxylic acids is 1. The number of primary amides is 1. The van der Waals surface area contributed by atoms with E-state index in [0.717, 1.165) is 5.57 Å². The molecule has 16 heavy (non-hydrogen) atoms. The molecule has 0 aliphatic rings. The Morgan fingerprint density at radius 3 is 2.75 bits per heavy atom. The van der Waals surface area contributed by atoms with E-state index in [1.54, 1.807) is 11.9 Å². The lowest BCUT2D eigenvalue weighted by Gasteiger charge is -2.19. The summed E-state index contributed by atoms with van der Waals surface area (Å²) in [5, 5.41) is 7.68. The van der Waals surface area contributed by atoms with Gasteiger partial charge in [-0.2, -0.15) is 0 Å². The van der Waals surface area contributed by atoms with Gasteiger partial charge in [-0.05, 0) is 13.0 Å². The molecule has 0 radical (unpaired) electrons. The lowest BCUT2D eigenvalue weighted by Crippen LogP contribution is -2.25. The molecule has 0 aliphatic heterocycles. The van der Waals surface area contributed by atoms with Crippen LogP contribution in [0.2, 0.25) is 5.15 Å². The average molecular weight is 241 g/mol. The highest BCUT2D eigenvalue weighted by Gasteiger charge is 2.15. The van der Waals surface area contributed by atoms with Crippen LogP contribution in [-0.2, 0) is 0 Å². The molecule has 0 aliphatic carbocycles. The Morgan fingerprint density at radius 1 is 1.62 bits per heavy atom. The molecule has 0 atom stereocenters. The summed E-state index contributed by atoms with van der Waals surface area (Å²) in [6.45, 7) is 6.23. The molecule has 1 aromatic heterocycles. The molecule has 5 nitrogen and oxygen atoms in total. The van der Waals surface area contributed by atoms with Crippen LogP contribution >= 0.6 is 11.6 Å². The molecule has 0 fully saturated rings. The molecular weight excluding hydrogens is 228 g/mol. The van der Waals surface area contributed by atoms with Crippen molar-refractivity contribution in [1.29, 1.82) is 0 Å². The van der Waals surface area contributed by atoms with E-state index in [0.29, 0.717) is 12.4 Å². The maximum atomic E-state index is 11.2. The summed E-state index contributed by atoms with van der Waals surface area (Å²) in [6.07, 6.45) is 0. The Bertz CT molecular complexity index is 433. The van der Waals surface area contributed by atoms with Crippen LogP contribution in [0.5, 0.6) is 0 Å². The number of likely N-dealkylation sites (N-methyl/N-ethyl adjacent to an activating group) is 1. The van der Waals surface area contributed by atoms with Crippen LogP contribution in [0.3, 0.4) is 0 Å². The summed E-state index contributed by atoms with van der Waals surface area (Å²) in [7, 11) is 1.78. The zero-order chi connectivity index (χ0) is 12.3. The Labute approximate surface area is 98.9 Å². The van der Waals surface area contributed by atoms with Gasteiger partial charge in [0.2, 0.25) is 0 Å². The second-order valence-corrected chi connectivity index (χ2v) is 3.97. The zero-order valence-corrected chi connectivity index (χ0v) is 9.95. The third-order valence-electron chi connectivity index (χ3n) is 1.88. The van der Waals surface area contributed by atoms with Crippen molar-refractivity contribution in [3.8, 4) is 0 Å². The van der Waals surface area contributed by atoms with Crippen LogP contribution in [0.15, 0.2) is 18.2 Å². The van der Waals surface area contributed by atoms with E-state index in [4.69, 9.17) is 17.3 Å². The summed E-state index contributed by atoms with van der Waals surface area (Å²) < 4.78 is 0. The first-order valence-corrected chi connectivity index (χ1v) is 4.98. The van der Waals surface area contributed by atoms with E-state index in [9.17, 15) is 4.79 Å². The number of anilines is 1. The van der Waals surface area contributed by atoms with Crippen LogP contribution in [-0.4, -0.2) is 29.7 Å². The molecule has 86 valence electrons. The number of aromatic nitrogens is 2. The monoisotopic (exact) mass is 240 g/mol. The predicted octanol–water partition coefficient (Wildman–Crippen LogP) is 1.24. The fourth-order valence-corrected chi connectivity index (χ4v) is 1.45. The molecule has 0 bridgehead atoms. The summed E-state index contributed by atoms with van der Waals surface area (Å²) in [5.74, 6) is -0.180. The average Bonchev–Trinajstić information content (AvgIpc) is 2.16. The zero-order valence-electron chi connectivity index (χ0n) is 9.20. The summed E-state index contributed by atoms with van der Waals surface area (Å²) in [6, 6.07) is 1.40. The first-order valence-electron chi connectivity index (χ1n) is 4.60. The van der Waals surface area contributed by atoms with Gasteiger partial charge in [0.05, 0.1) is 5.56 Å². The van der Waals surface area contributed by atoms with E-state index in [1.807, 2.05) is 6.92 Å². The van der Waals surface area contributed by atoms with Crippen molar-refractivity contribution in [2.45, 2.75) is 6.92 Å². The van der Waals surface area contributed by atoms with Gasteiger partial charge in [0, 0.05) is 13.6 Å². The quantitative estimate of drug-likeness (QED) is 0.804. The Hall–Kier alpha value is -1.62. The molecule has 0 saturated heterocycles. The van der Waals surface area contributed by atoms with E-state index in [-0.39, 0.29) is 10.7 Å². The number of halogens is 1. The van der Waals surface area contributed by atoms with Crippen molar-refractivity contribution in [2.24, 2.45) is 5.73 Å². The molecule has 1 aromatic rings. The van der Waals surface area contributed by atoms with Gasteiger partial charge in [0.15, 0.2) is 11.0 Å². The molecular formula is C10H13ClN4O. The molecule has 0 spiro atoms. The normalized spacial score (nSPS) is 9.94. The van der Waals surface area contributed by atoms with E-state index in [2.05, 4.69) is 16.8 Å². The largest absolute Gasteiger partial charge is 0.365 e. The van der Waals surface area contributed by atoms with E-state index >= 15 is 0 Å². The molecule has 6 heteroatoms. The standard InChI is InChI=1S/C10H13ClN4O/c1-6(2)5-15(3)10-7(9(12)16)4-8(11)13-14-10/h4H,1,5H2,2-3H3,(H2,12,16). The van der Waals surface area contributed by atoms with Crippen molar-refractivity contribution in [3.05, 3.63) is 28.9 Å². The van der Waals surface area contributed by atoms with Gasteiger partial charge < -0.3 is 10.6 Å². The highest BCUT2D eigenvalue weighted by molar-refractivity contribution is 6.29. The van der Waals surface area contributed by atoms with Gasteiger partial charge in [0.25, 0.3) is 5.91 Å². The maximum absolute atomic E-state index is 11.2. The van der Waals surface area contributed by atoms with Crippen molar-refractivity contribution in [2.75, 3.05) is 18.5 Å². The van der Waals surface area contributed by atoms with Gasteiger partial charge in [0.1, 0.15) is 0 Å². The first kappa shape index (κ1) is 12.4. The second-order valence-electron chi connectivity index (χ2n) is 3.58. The Balaban J connectivity index is 3.12. The van der Waals surface area contributed by atoms with Crippen molar-refractivity contribution in [3.63, 3.8) is 0 Å². The maximum Gasteiger partial charge on any atom is 0.252 e. The molecule has 0 saturated carbocycles. The topological polar surface area (TPSA) is 72.1 Å². The van der Waals surface area contributed by atoms with Gasteiger partial charge in [-0.25, -0.2) is 0 Å². The minimum absolute atomic E-state index is 0.140. The van der Waals surface area contributed by atoms with Crippen molar-refractivity contribution >= 4 is 23.3 Å². The van der Waals surface area contributed by atoms with Crippen LogP contribution in [0.25, 0.3) is 0 Å². The number of hydrogen-bond donors (Lipinski definition) is 1. The molecule has 0 aromatic carbocycles. The fraction of sp³-hybridized carbons (Fsp3) is 0.300. The minimum Gasteiger partial charge on any atom is -0.365 e. The molecule has 1 heterocycles. The molecule has 1 rings (SSSR count). The highest BCUT2D eigenvalue weighted by atomic mass is 35.5. The highest BCUT2D eigenvalue weighted by Crippen LogP contribution is 2.18. The fourth-order valence-electron chi connectivity index (χ4n) is 1.30. The lowest BCUT2D eigenvalue weighted by molar-refractivity contribution is 0.100. The summed E-state index contributed by atoms with van der Waals surface area (Å²) in [5.41, 5.74) is 6.43. The third-order valence-corrected chi connectivity index (χ3v) is 2.06. The van der Waals surface area contributed by atoms with Gasteiger partial charge in [-0.15, -0.1) is 10.2 Å². The van der Waals surface area contributed by atoms with Crippen molar-refractivity contribution in [1.82, 2.24) is 10.2 Å². The number of hydrogen-bond acceptors (Lipinski definition) is 4.